The van der Waals surface area contributed by atoms with E-state index in [-0.39, 0.29) is 5.56 Å². The number of carboxylic acid groups (broad SMARTS) is 1. The van der Waals surface area contributed by atoms with Crippen molar-refractivity contribution in [3.63, 3.8) is 0 Å². The number of carboxylic acids is 1. The summed E-state index contributed by atoms with van der Waals surface area (Å²) < 4.78 is 0.766. The van der Waals surface area contributed by atoms with Crippen LogP contribution in [0, 0.1) is 0 Å². The van der Waals surface area contributed by atoms with Crippen LogP contribution < -0.4 is 11.1 Å². The third-order valence-corrected chi connectivity index (χ3v) is 3.20. The number of aliphatic carboxylic acids is 1. The van der Waals surface area contributed by atoms with E-state index in [1.807, 2.05) is 6.92 Å². The van der Waals surface area contributed by atoms with Gasteiger partial charge in [-0.05, 0) is 24.6 Å². The van der Waals surface area contributed by atoms with Crippen molar-refractivity contribution in [3.8, 4) is 0 Å². The van der Waals surface area contributed by atoms with Gasteiger partial charge in [0.1, 0.15) is 6.04 Å². The van der Waals surface area contributed by atoms with Crippen molar-refractivity contribution in [3.05, 3.63) is 28.2 Å². The molecule has 1 unspecified atom stereocenters. The zero-order chi connectivity index (χ0) is 14.4. The molecule has 1 aromatic rings. The zero-order valence-electron chi connectivity index (χ0n) is 10.6. The smallest absolute Gasteiger partial charge is 0.326 e. The van der Waals surface area contributed by atoms with Crippen LogP contribution in [0.2, 0.25) is 0 Å². The Bertz CT molecular complexity index is 477. The van der Waals surface area contributed by atoms with E-state index in [1.54, 1.807) is 18.2 Å². The van der Waals surface area contributed by atoms with Gasteiger partial charge in [-0.25, -0.2) is 4.79 Å². The molecule has 0 aliphatic carbocycles. The maximum atomic E-state index is 12.0. The number of nitrogen functional groups attached to an aromatic ring is 1. The van der Waals surface area contributed by atoms with Gasteiger partial charge in [0.25, 0.3) is 5.91 Å². The number of anilines is 1. The Morgan fingerprint density at radius 1 is 1.47 bits per heavy atom. The number of benzene rings is 1. The monoisotopic (exact) mass is 328 g/mol. The molecule has 1 aromatic carbocycles. The van der Waals surface area contributed by atoms with E-state index in [2.05, 4.69) is 21.2 Å². The summed E-state index contributed by atoms with van der Waals surface area (Å²) in [5.74, 6) is -1.49. The van der Waals surface area contributed by atoms with E-state index in [0.29, 0.717) is 12.1 Å². The average molecular weight is 329 g/mol. The molecule has 0 saturated carbocycles. The predicted molar refractivity (Wildman–Crippen MR) is 77.0 cm³/mol. The van der Waals surface area contributed by atoms with E-state index in [4.69, 9.17) is 10.8 Å². The highest BCUT2D eigenvalue weighted by atomic mass is 79.9. The number of rotatable bonds is 6. The van der Waals surface area contributed by atoms with Gasteiger partial charge in [-0.2, -0.15) is 0 Å². The molecule has 0 aromatic heterocycles. The van der Waals surface area contributed by atoms with Gasteiger partial charge >= 0.3 is 5.97 Å². The van der Waals surface area contributed by atoms with Gasteiger partial charge < -0.3 is 16.2 Å². The van der Waals surface area contributed by atoms with Crippen molar-refractivity contribution in [2.75, 3.05) is 5.73 Å². The van der Waals surface area contributed by atoms with Crippen molar-refractivity contribution in [1.82, 2.24) is 5.32 Å². The van der Waals surface area contributed by atoms with Crippen LogP contribution in [0.3, 0.4) is 0 Å². The molecule has 1 atom stereocenters. The fourth-order valence-electron chi connectivity index (χ4n) is 1.64. The van der Waals surface area contributed by atoms with Crippen LogP contribution in [0.15, 0.2) is 22.7 Å². The number of amides is 1. The first-order chi connectivity index (χ1) is 8.95. The molecule has 0 radical (unpaired) electrons. The molecule has 0 heterocycles. The van der Waals surface area contributed by atoms with Gasteiger partial charge in [0, 0.05) is 10.2 Å². The minimum absolute atomic E-state index is 0.283. The lowest BCUT2D eigenvalue weighted by molar-refractivity contribution is -0.139. The van der Waals surface area contributed by atoms with Crippen LogP contribution in [0.5, 0.6) is 0 Å². The first-order valence-electron chi connectivity index (χ1n) is 6.04. The number of hydrogen-bond acceptors (Lipinski definition) is 3. The summed E-state index contributed by atoms with van der Waals surface area (Å²) in [6.45, 7) is 1.97. The van der Waals surface area contributed by atoms with E-state index in [1.165, 1.54) is 0 Å². The number of hydrogen-bond donors (Lipinski definition) is 3. The highest BCUT2D eigenvalue weighted by Crippen LogP contribution is 2.18. The van der Waals surface area contributed by atoms with E-state index >= 15 is 0 Å². The van der Waals surface area contributed by atoms with Gasteiger partial charge in [-0.15, -0.1) is 0 Å². The highest BCUT2D eigenvalue weighted by Gasteiger charge is 2.21. The Morgan fingerprint density at radius 3 is 2.68 bits per heavy atom. The molecule has 6 heteroatoms. The van der Waals surface area contributed by atoms with Crippen molar-refractivity contribution in [2.45, 2.75) is 32.2 Å². The second-order valence-corrected chi connectivity index (χ2v) is 5.15. The Labute approximate surface area is 120 Å². The predicted octanol–water partition coefficient (Wildman–Crippen LogP) is 2.40. The number of carbonyl (C=O) groups excluding carboxylic acids is 1. The Kier molecular flexibility index (Phi) is 5.82. The Hall–Kier alpha value is -1.56. The first-order valence-corrected chi connectivity index (χ1v) is 6.83. The SMILES string of the molecule is CCCCC(NC(=O)c1ccc(Br)cc1N)C(=O)O. The summed E-state index contributed by atoms with van der Waals surface area (Å²) in [6.07, 6.45) is 2.03. The molecule has 0 aliphatic rings. The second kappa shape index (κ2) is 7.13. The minimum Gasteiger partial charge on any atom is -0.480 e. The van der Waals surface area contributed by atoms with Crippen LogP contribution in [0.25, 0.3) is 0 Å². The van der Waals surface area contributed by atoms with Crippen LogP contribution >= 0.6 is 15.9 Å². The zero-order valence-corrected chi connectivity index (χ0v) is 12.2. The van der Waals surface area contributed by atoms with Gasteiger partial charge in [-0.1, -0.05) is 35.7 Å². The van der Waals surface area contributed by atoms with E-state index in [0.717, 1.165) is 17.3 Å². The minimum atomic E-state index is -1.03. The van der Waals surface area contributed by atoms with Crippen molar-refractivity contribution < 1.29 is 14.7 Å². The number of halogens is 1. The van der Waals surface area contributed by atoms with Gasteiger partial charge in [0.05, 0.1) is 5.56 Å². The Balaban J connectivity index is 2.78. The number of unbranched alkanes of at least 4 members (excludes halogenated alkanes) is 1. The lowest BCUT2D eigenvalue weighted by Crippen LogP contribution is -2.40. The topological polar surface area (TPSA) is 92.4 Å². The summed E-state index contributed by atoms with van der Waals surface area (Å²) in [5, 5.41) is 11.5. The number of nitrogens with one attached hydrogen (secondary N) is 1. The molecule has 5 nitrogen and oxygen atoms in total. The molecule has 0 spiro atoms. The van der Waals surface area contributed by atoms with Gasteiger partial charge in [0.2, 0.25) is 0 Å². The maximum Gasteiger partial charge on any atom is 0.326 e. The van der Waals surface area contributed by atoms with E-state index < -0.39 is 17.9 Å². The lowest BCUT2D eigenvalue weighted by Gasteiger charge is -2.15. The lowest BCUT2D eigenvalue weighted by atomic mass is 10.1. The Morgan fingerprint density at radius 2 is 2.16 bits per heavy atom. The largest absolute Gasteiger partial charge is 0.480 e. The summed E-state index contributed by atoms with van der Waals surface area (Å²) in [5.41, 5.74) is 6.33. The molecule has 1 amide bonds. The molecule has 4 N–H and O–H groups in total. The molecule has 0 aliphatic heterocycles. The fourth-order valence-corrected chi connectivity index (χ4v) is 2.02. The van der Waals surface area contributed by atoms with Crippen molar-refractivity contribution in [1.29, 1.82) is 0 Å². The standard InChI is InChI=1S/C13H17BrN2O3/c1-2-3-4-11(13(18)19)16-12(17)9-6-5-8(14)7-10(9)15/h5-7,11H,2-4,15H2,1H3,(H,16,17)(H,18,19). The molecule has 0 fully saturated rings. The van der Waals surface area contributed by atoms with Crippen LogP contribution in [-0.2, 0) is 4.79 Å². The molecule has 19 heavy (non-hydrogen) atoms. The normalized spacial score (nSPS) is 11.9. The van der Waals surface area contributed by atoms with Crippen LogP contribution in [-0.4, -0.2) is 23.0 Å². The third-order valence-electron chi connectivity index (χ3n) is 2.71. The summed E-state index contributed by atoms with van der Waals surface area (Å²) >= 11 is 3.25. The fraction of sp³-hybridized carbons (Fsp3) is 0.385. The van der Waals surface area contributed by atoms with Crippen LogP contribution in [0.1, 0.15) is 36.5 Å². The van der Waals surface area contributed by atoms with Crippen LogP contribution in [0.4, 0.5) is 5.69 Å². The summed E-state index contributed by atoms with van der Waals surface area (Å²) in [4.78, 5) is 23.0. The molecule has 1 rings (SSSR count). The first kappa shape index (κ1) is 15.5. The molecular weight excluding hydrogens is 312 g/mol. The maximum absolute atomic E-state index is 12.0. The summed E-state index contributed by atoms with van der Waals surface area (Å²) in [6, 6.07) is 3.98. The van der Waals surface area contributed by atoms with Crippen molar-refractivity contribution >= 4 is 33.5 Å². The molecule has 0 saturated heterocycles. The molecule has 0 bridgehead atoms. The third kappa shape index (κ3) is 4.55. The second-order valence-electron chi connectivity index (χ2n) is 4.24. The van der Waals surface area contributed by atoms with Gasteiger partial charge in [0.15, 0.2) is 0 Å². The number of carbonyl (C=O) groups is 2. The number of nitrogens with two attached hydrogens (primary N) is 1. The summed E-state index contributed by atoms with van der Waals surface area (Å²) in [7, 11) is 0. The molecular formula is C13H17BrN2O3. The quantitative estimate of drug-likeness (QED) is 0.699. The highest BCUT2D eigenvalue weighted by molar-refractivity contribution is 9.10. The van der Waals surface area contributed by atoms with Crippen molar-refractivity contribution in [2.24, 2.45) is 0 Å². The van der Waals surface area contributed by atoms with Gasteiger partial charge in [-0.3, -0.25) is 4.79 Å². The average Bonchev–Trinajstić information content (AvgIpc) is 2.33. The van der Waals surface area contributed by atoms with E-state index in [9.17, 15) is 9.59 Å². The molecule has 104 valence electrons.